The molecule has 1 aliphatic rings. The summed E-state index contributed by atoms with van der Waals surface area (Å²) in [6.07, 6.45) is 6.21. The van der Waals surface area contributed by atoms with E-state index in [1.54, 1.807) is 0 Å². The van der Waals surface area contributed by atoms with Crippen LogP contribution in [0, 0.1) is 6.92 Å². The highest BCUT2D eigenvalue weighted by Crippen LogP contribution is 2.39. The van der Waals surface area contributed by atoms with E-state index < -0.39 is 29.6 Å². The van der Waals surface area contributed by atoms with Crippen LogP contribution in [0.5, 0.6) is 0 Å². The minimum absolute atomic E-state index is 0.0321. The Hall–Kier alpha value is -4.21. The number of aromatic nitrogens is 3. The molecule has 2 aromatic carbocycles. The lowest BCUT2D eigenvalue weighted by Crippen LogP contribution is -2.43. The molecule has 3 aromatic rings. The second kappa shape index (κ2) is 11.5. The van der Waals surface area contributed by atoms with Gasteiger partial charge in [-0.25, -0.2) is 9.36 Å². The van der Waals surface area contributed by atoms with Crippen molar-refractivity contribution in [1.29, 1.82) is 0 Å². The molecule has 11 nitrogen and oxygen atoms in total. The molecule has 1 aromatic heterocycles. The first-order valence-electron chi connectivity index (χ1n) is 12.2. The second-order valence-corrected chi connectivity index (χ2v) is 9.80. The van der Waals surface area contributed by atoms with E-state index in [9.17, 15) is 19.2 Å². The van der Waals surface area contributed by atoms with Gasteiger partial charge in [-0.05, 0) is 43.5 Å². The third kappa shape index (κ3) is 5.85. The summed E-state index contributed by atoms with van der Waals surface area (Å²) in [6, 6.07) is 12.6. The average molecular weight is 537 g/mol. The maximum absolute atomic E-state index is 12.8. The Morgan fingerprint density at radius 2 is 1.82 bits per heavy atom. The third-order valence-corrected chi connectivity index (χ3v) is 7.08. The van der Waals surface area contributed by atoms with Gasteiger partial charge in [0.1, 0.15) is 24.4 Å². The molecule has 2 N–H and O–H groups in total. The number of benzene rings is 2. The number of rotatable bonds is 7. The molecule has 196 valence electrons. The molecular weight excluding hydrogens is 510 g/mol. The predicted molar refractivity (Wildman–Crippen MR) is 140 cm³/mol. The highest BCUT2D eigenvalue weighted by atomic mass is 35.5. The summed E-state index contributed by atoms with van der Waals surface area (Å²) in [5.41, 5.74) is 5.79. The monoisotopic (exact) mass is 536 g/mol. The summed E-state index contributed by atoms with van der Waals surface area (Å²) in [5.74, 6) is -1.62. The summed E-state index contributed by atoms with van der Waals surface area (Å²) < 4.78 is 1.49. The number of hydrogen-bond acceptors (Lipinski definition) is 6. The first kappa shape index (κ1) is 26.8. The number of aryl methyl sites for hydroxylation is 1. The van der Waals surface area contributed by atoms with E-state index in [0.717, 1.165) is 36.6 Å². The van der Waals surface area contributed by atoms with Crippen LogP contribution in [0.25, 0.3) is 5.69 Å². The molecule has 0 spiro atoms. The number of primary amides is 1. The topological polar surface area (TPSA) is 156 Å². The van der Waals surface area contributed by atoms with E-state index in [4.69, 9.17) is 17.3 Å². The van der Waals surface area contributed by atoms with Crippen molar-refractivity contribution in [3.05, 3.63) is 91.2 Å². The van der Waals surface area contributed by atoms with Crippen LogP contribution in [0.4, 0.5) is 0 Å². The molecule has 0 atom stereocenters. The van der Waals surface area contributed by atoms with Crippen molar-refractivity contribution in [2.45, 2.75) is 51.0 Å². The van der Waals surface area contributed by atoms with Crippen molar-refractivity contribution in [2.24, 2.45) is 16.0 Å². The van der Waals surface area contributed by atoms with Gasteiger partial charge in [0.15, 0.2) is 0 Å². The standard InChI is InChI=1S/C26H26ClN7O4/c1-17-5-7-18(8-6-17)26(11-3-2-4-12-26)16-29-32-31-24(37)20-13-19(9-10-21(20)27)34-25(38)33(15-22(28)35)23(36)14-30-34/h5-10,13-14H,2-4,11-12,15-16H2,1H3,(H-,28,35)/p+1. The Morgan fingerprint density at radius 3 is 2.50 bits per heavy atom. The highest BCUT2D eigenvalue weighted by Gasteiger charge is 2.35. The molecule has 12 heteroatoms. The van der Waals surface area contributed by atoms with Gasteiger partial charge >= 0.3 is 11.6 Å². The predicted octanol–water partition coefficient (Wildman–Crippen LogP) is 2.86. The van der Waals surface area contributed by atoms with Crippen molar-refractivity contribution in [3.63, 3.8) is 0 Å². The van der Waals surface area contributed by atoms with Crippen LogP contribution in [-0.2, 0) is 16.8 Å². The van der Waals surface area contributed by atoms with Gasteiger partial charge in [-0.2, -0.15) is 9.78 Å². The molecule has 1 heterocycles. The molecule has 1 aliphatic carbocycles. The fourth-order valence-electron chi connectivity index (χ4n) is 4.69. The van der Waals surface area contributed by atoms with E-state index in [1.807, 2.05) is 6.92 Å². The van der Waals surface area contributed by atoms with Crippen LogP contribution in [0.2, 0.25) is 5.02 Å². The zero-order valence-electron chi connectivity index (χ0n) is 20.8. The fraction of sp³-hybridized carbons (Fsp3) is 0.346. The van der Waals surface area contributed by atoms with Gasteiger partial charge in [0.2, 0.25) is 15.9 Å². The smallest absolute Gasteiger partial charge is 0.362 e. The maximum Gasteiger partial charge on any atom is 0.362 e. The minimum Gasteiger partial charge on any atom is -0.368 e. The number of nitrogens with zero attached hydrogens (tertiary/aromatic N) is 6. The normalized spacial score (nSPS) is 14.4. The highest BCUT2D eigenvalue weighted by molar-refractivity contribution is 6.33. The molecule has 4 rings (SSSR count). The van der Waals surface area contributed by atoms with Crippen LogP contribution in [0.15, 0.2) is 68.5 Å². The number of halogens is 1. The van der Waals surface area contributed by atoms with E-state index in [-0.39, 0.29) is 21.7 Å². The van der Waals surface area contributed by atoms with Crippen molar-refractivity contribution in [2.75, 3.05) is 6.54 Å². The molecule has 2 amide bonds. The van der Waals surface area contributed by atoms with E-state index in [1.165, 1.54) is 35.7 Å². The van der Waals surface area contributed by atoms with Gasteiger partial charge in [-0.15, -0.1) is 0 Å². The van der Waals surface area contributed by atoms with Crippen LogP contribution in [-0.4, -0.2) is 32.7 Å². The Labute approximate surface area is 222 Å². The Morgan fingerprint density at radius 1 is 1.11 bits per heavy atom. The number of carbonyl (C=O) groups excluding carboxylic acids is 2. The summed E-state index contributed by atoms with van der Waals surface area (Å²) in [4.78, 5) is 52.5. The minimum atomic E-state index is -0.900. The lowest BCUT2D eigenvalue weighted by Gasteiger charge is -2.35. The summed E-state index contributed by atoms with van der Waals surface area (Å²) >= 11 is 6.22. The summed E-state index contributed by atoms with van der Waals surface area (Å²) in [5, 5.41) is 11.9. The lowest BCUT2D eigenvalue weighted by atomic mass is 9.69. The molecule has 1 saturated carbocycles. The van der Waals surface area contributed by atoms with Gasteiger partial charge in [-0.3, -0.25) is 14.4 Å². The van der Waals surface area contributed by atoms with Gasteiger partial charge < -0.3 is 5.73 Å². The molecule has 0 saturated heterocycles. The molecule has 0 aliphatic heterocycles. The second-order valence-electron chi connectivity index (χ2n) is 9.39. The number of nitrogens with two attached hydrogens (primary N) is 1. The van der Waals surface area contributed by atoms with E-state index in [0.29, 0.717) is 11.1 Å². The van der Waals surface area contributed by atoms with Crippen LogP contribution >= 0.6 is 11.6 Å². The van der Waals surface area contributed by atoms with Gasteiger partial charge in [0, 0.05) is 5.41 Å². The first-order valence-corrected chi connectivity index (χ1v) is 12.5. The Balaban J connectivity index is 1.59. The maximum atomic E-state index is 12.8. The lowest BCUT2D eigenvalue weighted by molar-refractivity contribution is -0.118. The first-order chi connectivity index (χ1) is 18.2. The Kier molecular flexibility index (Phi) is 8.09. The third-order valence-electron chi connectivity index (χ3n) is 6.75. The SMILES string of the molecule is Cc1ccc(C2(CN=[N+]=NC(=O)c3cc(-n4ncc(=O)n(CC(N)=O)c4=O)ccc3Cl)CCCCC2)cc1. The molecule has 38 heavy (non-hydrogen) atoms. The van der Waals surface area contributed by atoms with Gasteiger partial charge in [0.05, 0.1) is 16.3 Å². The van der Waals surface area contributed by atoms with Crippen LogP contribution in [0.3, 0.4) is 0 Å². The molecule has 0 radical (unpaired) electrons. The summed E-state index contributed by atoms with van der Waals surface area (Å²) in [6.45, 7) is 1.84. The number of carbonyl (C=O) groups is 2. The molecule has 0 unspecified atom stereocenters. The molecular formula is C26H27ClN7O4+. The van der Waals surface area contributed by atoms with E-state index in [2.05, 4.69) is 44.5 Å². The zero-order valence-corrected chi connectivity index (χ0v) is 21.6. The summed E-state index contributed by atoms with van der Waals surface area (Å²) in [7, 11) is 0. The van der Waals surface area contributed by atoms with E-state index >= 15 is 0 Å². The van der Waals surface area contributed by atoms with Crippen molar-refractivity contribution < 1.29 is 9.59 Å². The van der Waals surface area contributed by atoms with Crippen molar-refractivity contribution in [3.8, 4) is 5.69 Å². The largest absolute Gasteiger partial charge is 0.368 e. The van der Waals surface area contributed by atoms with Crippen molar-refractivity contribution in [1.82, 2.24) is 19.3 Å². The quantitative estimate of drug-likeness (QED) is 0.363. The van der Waals surface area contributed by atoms with Gasteiger partial charge in [0.25, 0.3) is 5.56 Å². The van der Waals surface area contributed by atoms with Gasteiger partial charge in [-0.1, -0.05) is 60.7 Å². The van der Waals surface area contributed by atoms with Crippen LogP contribution in [0.1, 0.15) is 53.6 Å². The molecule has 0 bridgehead atoms. The van der Waals surface area contributed by atoms with Crippen LogP contribution < -0.4 is 21.9 Å². The number of hydrogen-bond donors (Lipinski definition) is 1. The average Bonchev–Trinajstić information content (AvgIpc) is 2.90. The number of amides is 2. The Bertz CT molecular complexity index is 1550. The van der Waals surface area contributed by atoms with Crippen molar-refractivity contribution >= 4 is 23.4 Å². The fourth-order valence-corrected chi connectivity index (χ4v) is 4.89. The zero-order chi connectivity index (χ0) is 27.3. The molecule has 1 fully saturated rings.